The predicted octanol–water partition coefficient (Wildman–Crippen LogP) is 2.14. The third-order valence-corrected chi connectivity index (χ3v) is 2.50. The Morgan fingerprint density at radius 2 is 2.31 bits per heavy atom. The van der Waals surface area contributed by atoms with Gasteiger partial charge in [-0.2, -0.15) is 5.10 Å². The molecule has 0 spiro atoms. The number of hydrogen-bond acceptors (Lipinski definition) is 3. The Hall–Kier alpha value is -1.58. The summed E-state index contributed by atoms with van der Waals surface area (Å²) in [5, 5.41) is 7.03. The number of hydrogen-bond donors (Lipinski definition) is 2. The van der Waals surface area contributed by atoms with Gasteiger partial charge in [0.1, 0.15) is 0 Å². The standard InChI is InChI=1S/C12H20N4/c1-4-6-14-9(3)11(7-13)12-10(5-2)8-15-16-12/h7-8H,4-6,13H2,1-3H3,(H,15,16)/b11-7+,14-9?. The molecule has 0 saturated carbocycles. The Bertz CT molecular complexity index is 387. The third-order valence-electron chi connectivity index (χ3n) is 2.50. The minimum atomic E-state index is 0.832. The maximum Gasteiger partial charge on any atom is 0.0714 e. The van der Waals surface area contributed by atoms with Crippen molar-refractivity contribution in [2.24, 2.45) is 10.7 Å². The van der Waals surface area contributed by atoms with Crippen LogP contribution in [0.25, 0.3) is 5.57 Å². The first-order valence-corrected chi connectivity index (χ1v) is 5.70. The van der Waals surface area contributed by atoms with E-state index in [0.29, 0.717) is 0 Å². The summed E-state index contributed by atoms with van der Waals surface area (Å²) in [7, 11) is 0. The van der Waals surface area contributed by atoms with E-state index in [9.17, 15) is 0 Å². The van der Waals surface area contributed by atoms with Crippen LogP contribution in [0, 0.1) is 0 Å². The van der Waals surface area contributed by atoms with Gasteiger partial charge in [-0.25, -0.2) is 0 Å². The van der Waals surface area contributed by atoms with Gasteiger partial charge in [-0.3, -0.25) is 10.1 Å². The van der Waals surface area contributed by atoms with E-state index in [1.54, 1.807) is 6.20 Å². The minimum Gasteiger partial charge on any atom is -0.404 e. The van der Waals surface area contributed by atoms with Crippen LogP contribution in [0.4, 0.5) is 0 Å². The topological polar surface area (TPSA) is 67.1 Å². The smallest absolute Gasteiger partial charge is 0.0714 e. The summed E-state index contributed by atoms with van der Waals surface area (Å²) in [5.74, 6) is 0. The highest BCUT2D eigenvalue weighted by Crippen LogP contribution is 2.17. The number of nitrogens with zero attached hydrogens (tertiary/aromatic N) is 2. The molecule has 4 heteroatoms. The van der Waals surface area contributed by atoms with E-state index in [1.165, 1.54) is 5.56 Å². The molecule has 1 rings (SSSR count). The first-order valence-electron chi connectivity index (χ1n) is 5.70. The summed E-state index contributed by atoms with van der Waals surface area (Å²) in [6.45, 7) is 7.02. The highest BCUT2D eigenvalue weighted by atomic mass is 15.1. The van der Waals surface area contributed by atoms with Crippen molar-refractivity contribution >= 4 is 11.3 Å². The fraction of sp³-hybridized carbons (Fsp3) is 0.500. The molecule has 0 amide bonds. The summed E-state index contributed by atoms with van der Waals surface area (Å²) in [6.07, 6.45) is 5.41. The van der Waals surface area contributed by atoms with E-state index in [-0.39, 0.29) is 0 Å². The molecule has 3 N–H and O–H groups in total. The van der Waals surface area contributed by atoms with E-state index in [2.05, 4.69) is 29.0 Å². The molecule has 0 saturated heterocycles. The molecule has 0 unspecified atom stereocenters. The second-order valence-corrected chi connectivity index (χ2v) is 3.67. The maximum absolute atomic E-state index is 5.67. The molecule has 0 aromatic carbocycles. The van der Waals surface area contributed by atoms with E-state index in [1.807, 2.05) is 13.1 Å². The van der Waals surface area contributed by atoms with Gasteiger partial charge in [0.2, 0.25) is 0 Å². The molecule has 0 bridgehead atoms. The molecular weight excluding hydrogens is 200 g/mol. The molecule has 4 nitrogen and oxygen atoms in total. The number of nitrogens with two attached hydrogens (primary N) is 1. The van der Waals surface area contributed by atoms with Crippen LogP contribution in [0.5, 0.6) is 0 Å². The first-order chi connectivity index (χ1) is 7.74. The van der Waals surface area contributed by atoms with Gasteiger partial charge in [-0.15, -0.1) is 0 Å². The zero-order valence-electron chi connectivity index (χ0n) is 10.2. The van der Waals surface area contributed by atoms with Crippen molar-refractivity contribution in [3.8, 4) is 0 Å². The largest absolute Gasteiger partial charge is 0.404 e. The summed E-state index contributed by atoms with van der Waals surface area (Å²) in [6, 6.07) is 0. The van der Waals surface area contributed by atoms with Gasteiger partial charge in [0, 0.05) is 24.0 Å². The van der Waals surface area contributed by atoms with Gasteiger partial charge in [-0.1, -0.05) is 13.8 Å². The molecular formula is C12H20N4. The number of aromatic amines is 1. The second kappa shape index (κ2) is 6.10. The Balaban J connectivity index is 3.00. The lowest BCUT2D eigenvalue weighted by molar-refractivity contribution is 0.932. The summed E-state index contributed by atoms with van der Waals surface area (Å²) < 4.78 is 0. The number of allylic oxidation sites excluding steroid dienone is 1. The number of aliphatic imine (C=N–C) groups is 1. The zero-order valence-corrected chi connectivity index (χ0v) is 10.2. The average Bonchev–Trinajstić information content (AvgIpc) is 2.75. The lowest BCUT2D eigenvalue weighted by atomic mass is 10.0. The summed E-state index contributed by atoms with van der Waals surface area (Å²) >= 11 is 0. The lowest BCUT2D eigenvalue weighted by Crippen LogP contribution is -2.04. The SMILES string of the molecule is CCCN=C(C)/C(=C\N)c1[nH]ncc1CC. The van der Waals surface area contributed by atoms with Gasteiger partial charge in [0.05, 0.1) is 11.9 Å². The van der Waals surface area contributed by atoms with Gasteiger partial charge in [0.15, 0.2) is 0 Å². The maximum atomic E-state index is 5.67. The molecule has 0 aliphatic rings. The van der Waals surface area contributed by atoms with Crippen molar-refractivity contribution in [1.29, 1.82) is 0 Å². The normalized spacial score (nSPS) is 13.2. The van der Waals surface area contributed by atoms with Crippen LogP contribution in [0.2, 0.25) is 0 Å². The number of aryl methyl sites for hydroxylation is 1. The third kappa shape index (κ3) is 2.72. The Morgan fingerprint density at radius 1 is 1.56 bits per heavy atom. The van der Waals surface area contributed by atoms with Crippen LogP contribution in [-0.4, -0.2) is 22.5 Å². The van der Waals surface area contributed by atoms with E-state index < -0.39 is 0 Å². The molecule has 1 heterocycles. The van der Waals surface area contributed by atoms with Gasteiger partial charge < -0.3 is 5.73 Å². The van der Waals surface area contributed by atoms with Crippen molar-refractivity contribution in [3.63, 3.8) is 0 Å². The summed E-state index contributed by atoms with van der Waals surface area (Å²) in [4.78, 5) is 4.47. The predicted molar refractivity (Wildman–Crippen MR) is 68.4 cm³/mol. The summed E-state index contributed by atoms with van der Waals surface area (Å²) in [5.41, 5.74) is 9.74. The monoisotopic (exact) mass is 220 g/mol. The molecule has 88 valence electrons. The lowest BCUT2D eigenvalue weighted by Gasteiger charge is -2.06. The fourth-order valence-electron chi connectivity index (χ4n) is 1.56. The highest BCUT2D eigenvalue weighted by Gasteiger charge is 2.10. The number of rotatable bonds is 5. The Kier molecular flexibility index (Phi) is 4.76. The van der Waals surface area contributed by atoms with Gasteiger partial charge >= 0.3 is 0 Å². The van der Waals surface area contributed by atoms with E-state index >= 15 is 0 Å². The van der Waals surface area contributed by atoms with Crippen LogP contribution in [0.3, 0.4) is 0 Å². The average molecular weight is 220 g/mol. The number of aromatic nitrogens is 2. The van der Waals surface area contributed by atoms with Crippen molar-refractivity contribution in [1.82, 2.24) is 10.2 Å². The fourth-order valence-corrected chi connectivity index (χ4v) is 1.56. The van der Waals surface area contributed by atoms with Crippen LogP contribution in [0.1, 0.15) is 38.4 Å². The molecule has 0 radical (unpaired) electrons. The molecule has 0 atom stereocenters. The molecule has 0 aliphatic carbocycles. The van der Waals surface area contributed by atoms with Crippen molar-refractivity contribution < 1.29 is 0 Å². The van der Waals surface area contributed by atoms with Gasteiger partial charge in [0.25, 0.3) is 0 Å². The number of nitrogens with one attached hydrogen (secondary N) is 1. The molecule has 0 aliphatic heterocycles. The molecule has 1 aromatic rings. The Morgan fingerprint density at radius 3 is 2.88 bits per heavy atom. The van der Waals surface area contributed by atoms with Crippen LogP contribution in [0.15, 0.2) is 17.4 Å². The van der Waals surface area contributed by atoms with Crippen molar-refractivity contribution in [2.75, 3.05) is 6.54 Å². The quantitative estimate of drug-likeness (QED) is 0.746. The molecule has 16 heavy (non-hydrogen) atoms. The molecule has 0 fully saturated rings. The second-order valence-electron chi connectivity index (χ2n) is 3.67. The zero-order chi connectivity index (χ0) is 12.0. The van der Waals surface area contributed by atoms with E-state index in [4.69, 9.17) is 5.73 Å². The van der Waals surface area contributed by atoms with Crippen molar-refractivity contribution in [2.45, 2.75) is 33.6 Å². The van der Waals surface area contributed by atoms with Gasteiger partial charge in [-0.05, 0) is 25.3 Å². The number of H-pyrrole nitrogens is 1. The van der Waals surface area contributed by atoms with E-state index in [0.717, 1.165) is 36.4 Å². The molecule has 1 aromatic heterocycles. The van der Waals surface area contributed by atoms with Crippen molar-refractivity contribution in [3.05, 3.63) is 23.7 Å². The minimum absolute atomic E-state index is 0.832. The van der Waals surface area contributed by atoms with Crippen LogP contribution in [-0.2, 0) is 6.42 Å². The Labute approximate surface area is 96.7 Å². The van der Waals surface area contributed by atoms with Crippen LogP contribution < -0.4 is 5.73 Å². The van der Waals surface area contributed by atoms with Crippen LogP contribution >= 0.6 is 0 Å². The first kappa shape index (κ1) is 12.5. The highest BCUT2D eigenvalue weighted by molar-refractivity contribution is 6.22.